The molecule has 0 saturated carbocycles. The average molecular weight is 582 g/mol. The Morgan fingerprint density at radius 2 is 1.62 bits per heavy atom. The van der Waals surface area contributed by atoms with Crippen LogP contribution in [0.1, 0.15) is 51.2 Å². The van der Waals surface area contributed by atoms with Crippen LogP contribution in [-0.2, 0) is 32.1 Å². The number of alkyl carbamates (subject to hydrolysis) is 1. The molecule has 0 aromatic heterocycles. The molecule has 1 aliphatic heterocycles. The molecule has 2 aromatic rings. The molecular formula is C31H43N5O6. The minimum Gasteiger partial charge on any atom is -0.445 e. The number of benzene rings is 2. The van der Waals surface area contributed by atoms with E-state index in [9.17, 15) is 24.3 Å². The van der Waals surface area contributed by atoms with Crippen molar-refractivity contribution in [1.29, 1.82) is 0 Å². The number of rotatable bonds is 13. The van der Waals surface area contributed by atoms with Crippen LogP contribution < -0.4 is 21.7 Å². The Bertz CT molecular complexity index is 1190. The van der Waals surface area contributed by atoms with E-state index < -0.39 is 42.5 Å². The highest BCUT2D eigenvalue weighted by atomic mass is 16.5. The Hall–Kier alpha value is -3.96. The highest BCUT2D eigenvalue weighted by Gasteiger charge is 2.37. The van der Waals surface area contributed by atoms with Gasteiger partial charge in [0, 0.05) is 12.1 Å². The third-order valence-corrected chi connectivity index (χ3v) is 7.22. The van der Waals surface area contributed by atoms with Crippen molar-refractivity contribution in [2.75, 3.05) is 13.1 Å². The van der Waals surface area contributed by atoms with E-state index in [0.29, 0.717) is 0 Å². The first kappa shape index (κ1) is 32.6. The number of ether oxygens (including phenoxy) is 1. The molecule has 1 aliphatic rings. The molecule has 11 heteroatoms. The molecule has 6 N–H and O–H groups in total. The highest BCUT2D eigenvalue weighted by Crippen LogP contribution is 2.26. The molecule has 1 fully saturated rings. The number of hydrogen-bond acceptors (Lipinski definition) is 7. The van der Waals surface area contributed by atoms with Gasteiger partial charge in [-0.05, 0) is 57.7 Å². The van der Waals surface area contributed by atoms with Crippen molar-refractivity contribution < 1.29 is 29.0 Å². The SMILES string of the molecule is CC(C)(C)N1CCC[C@H]1C(=O)NC[C@@H](O)[C@H](Cc1ccccc1)NC(=O)[C@H](CC(N)=O)NC(=O)OCc1ccccc1. The second-order valence-electron chi connectivity index (χ2n) is 11.6. The Labute approximate surface area is 247 Å². The number of likely N-dealkylation sites (tertiary alicyclic amines) is 1. The largest absolute Gasteiger partial charge is 0.445 e. The lowest BCUT2D eigenvalue weighted by molar-refractivity contribution is -0.128. The summed E-state index contributed by atoms with van der Waals surface area (Å²) >= 11 is 0. The second kappa shape index (κ2) is 15.3. The van der Waals surface area contributed by atoms with Crippen molar-refractivity contribution >= 4 is 23.8 Å². The van der Waals surface area contributed by atoms with E-state index in [1.807, 2.05) is 36.4 Å². The fourth-order valence-electron chi connectivity index (χ4n) is 5.06. The molecule has 11 nitrogen and oxygen atoms in total. The summed E-state index contributed by atoms with van der Waals surface area (Å²) in [6.07, 6.45) is -0.657. The number of primary amides is 1. The number of aliphatic hydroxyl groups is 1. The molecule has 0 spiro atoms. The van der Waals surface area contributed by atoms with E-state index in [1.165, 1.54) is 0 Å². The molecule has 42 heavy (non-hydrogen) atoms. The number of nitrogens with zero attached hydrogens (tertiary/aromatic N) is 1. The normalized spacial score (nSPS) is 17.5. The molecule has 0 unspecified atom stereocenters. The van der Waals surface area contributed by atoms with Gasteiger partial charge in [0.05, 0.1) is 24.6 Å². The van der Waals surface area contributed by atoms with E-state index in [1.54, 1.807) is 24.3 Å². The van der Waals surface area contributed by atoms with Gasteiger partial charge in [0.1, 0.15) is 12.6 Å². The number of aliphatic hydroxyl groups excluding tert-OH is 1. The van der Waals surface area contributed by atoms with Gasteiger partial charge in [-0.3, -0.25) is 19.3 Å². The van der Waals surface area contributed by atoms with Crippen molar-refractivity contribution in [2.45, 2.75) is 82.8 Å². The predicted octanol–water partition coefficient (Wildman–Crippen LogP) is 1.62. The molecule has 2 aromatic carbocycles. The zero-order valence-electron chi connectivity index (χ0n) is 24.5. The first-order valence-electron chi connectivity index (χ1n) is 14.3. The smallest absolute Gasteiger partial charge is 0.408 e. The number of hydrogen-bond donors (Lipinski definition) is 5. The van der Waals surface area contributed by atoms with E-state index >= 15 is 0 Å². The Morgan fingerprint density at radius 3 is 2.21 bits per heavy atom. The first-order chi connectivity index (χ1) is 19.9. The first-order valence-corrected chi connectivity index (χ1v) is 14.3. The van der Waals surface area contributed by atoms with Gasteiger partial charge in [-0.25, -0.2) is 4.79 Å². The minimum atomic E-state index is -1.33. The molecule has 4 amide bonds. The van der Waals surface area contributed by atoms with Gasteiger partial charge in [-0.1, -0.05) is 60.7 Å². The van der Waals surface area contributed by atoms with Gasteiger partial charge in [0.2, 0.25) is 17.7 Å². The van der Waals surface area contributed by atoms with Gasteiger partial charge in [-0.2, -0.15) is 0 Å². The van der Waals surface area contributed by atoms with Crippen LogP contribution in [0.3, 0.4) is 0 Å². The lowest BCUT2D eigenvalue weighted by atomic mass is 10.00. The van der Waals surface area contributed by atoms with Gasteiger partial charge in [0.25, 0.3) is 0 Å². The molecule has 0 radical (unpaired) electrons. The van der Waals surface area contributed by atoms with E-state index in [4.69, 9.17) is 10.5 Å². The van der Waals surface area contributed by atoms with Gasteiger partial charge >= 0.3 is 6.09 Å². The highest BCUT2D eigenvalue weighted by molar-refractivity contribution is 5.90. The van der Waals surface area contributed by atoms with Gasteiger partial charge < -0.3 is 31.5 Å². The maximum absolute atomic E-state index is 13.3. The number of nitrogens with two attached hydrogens (primary N) is 1. The third-order valence-electron chi connectivity index (χ3n) is 7.22. The molecule has 228 valence electrons. The Kier molecular flexibility index (Phi) is 11.9. The maximum atomic E-state index is 13.3. The van der Waals surface area contributed by atoms with E-state index in [2.05, 4.69) is 41.6 Å². The monoisotopic (exact) mass is 581 g/mol. The summed E-state index contributed by atoms with van der Waals surface area (Å²) in [4.78, 5) is 52.7. The average Bonchev–Trinajstić information content (AvgIpc) is 3.46. The lowest BCUT2D eigenvalue weighted by Gasteiger charge is -2.36. The van der Waals surface area contributed by atoms with Crippen LogP contribution in [0.4, 0.5) is 4.79 Å². The predicted molar refractivity (Wildman–Crippen MR) is 158 cm³/mol. The number of nitrogens with one attached hydrogen (secondary N) is 3. The molecule has 0 bridgehead atoms. The van der Waals surface area contributed by atoms with E-state index in [-0.39, 0.29) is 37.1 Å². The fraction of sp³-hybridized carbons (Fsp3) is 0.484. The number of carbonyl (C=O) groups is 4. The fourth-order valence-corrected chi connectivity index (χ4v) is 5.06. The Morgan fingerprint density at radius 1 is 1.00 bits per heavy atom. The van der Waals surface area contributed by atoms with Crippen LogP contribution in [0, 0.1) is 0 Å². The van der Waals surface area contributed by atoms with Crippen molar-refractivity contribution in [1.82, 2.24) is 20.9 Å². The standard InChI is InChI=1S/C31H43N5O6/c1-31(2,3)36-16-10-15-25(36)29(40)33-19-26(37)23(17-21-11-6-4-7-12-21)34-28(39)24(18-27(32)38)35-30(41)42-20-22-13-8-5-9-14-22/h4-9,11-14,23-26,37H,10,15-20H2,1-3H3,(H2,32,38)(H,33,40)(H,34,39)(H,35,41)/t23-,24-,25-,26+/m0/s1. The van der Waals surface area contributed by atoms with Crippen LogP contribution >= 0.6 is 0 Å². The summed E-state index contributed by atoms with van der Waals surface area (Å²) in [5.41, 5.74) is 6.77. The van der Waals surface area contributed by atoms with Crippen LogP contribution in [0.2, 0.25) is 0 Å². The van der Waals surface area contributed by atoms with Crippen molar-refractivity contribution in [3.05, 3.63) is 71.8 Å². The summed E-state index contributed by atoms with van der Waals surface area (Å²) < 4.78 is 5.20. The van der Waals surface area contributed by atoms with Crippen LogP contribution in [0.25, 0.3) is 0 Å². The molecular weight excluding hydrogens is 538 g/mol. The Balaban J connectivity index is 1.67. The summed E-state index contributed by atoms with van der Waals surface area (Å²) in [5, 5.41) is 19.1. The summed E-state index contributed by atoms with van der Waals surface area (Å²) in [6.45, 7) is 6.88. The van der Waals surface area contributed by atoms with Crippen molar-refractivity contribution in [2.24, 2.45) is 5.73 Å². The van der Waals surface area contributed by atoms with Gasteiger partial charge in [0.15, 0.2) is 0 Å². The lowest BCUT2D eigenvalue weighted by Crippen LogP contribution is -2.57. The maximum Gasteiger partial charge on any atom is 0.408 e. The second-order valence-corrected chi connectivity index (χ2v) is 11.6. The summed E-state index contributed by atoms with van der Waals surface area (Å²) in [5.74, 6) is -1.70. The molecule has 0 aliphatic carbocycles. The van der Waals surface area contributed by atoms with Crippen LogP contribution in [0.5, 0.6) is 0 Å². The van der Waals surface area contributed by atoms with Gasteiger partial charge in [-0.15, -0.1) is 0 Å². The topological polar surface area (TPSA) is 163 Å². The van der Waals surface area contributed by atoms with Crippen LogP contribution in [-0.4, -0.2) is 76.7 Å². The number of amides is 4. The van der Waals surface area contributed by atoms with E-state index in [0.717, 1.165) is 30.5 Å². The third kappa shape index (κ3) is 10.1. The molecule has 1 saturated heterocycles. The zero-order chi connectivity index (χ0) is 30.7. The van der Waals surface area contributed by atoms with Crippen molar-refractivity contribution in [3.63, 3.8) is 0 Å². The minimum absolute atomic E-state index is 0.0275. The quantitative estimate of drug-likeness (QED) is 0.240. The summed E-state index contributed by atoms with van der Waals surface area (Å²) in [6, 6.07) is 15.7. The van der Waals surface area contributed by atoms with Crippen LogP contribution in [0.15, 0.2) is 60.7 Å². The number of carbonyl (C=O) groups excluding carboxylic acids is 4. The zero-order valence-corrected chi connectivity index (χ0v) is 24.5. The molecule has 1 heterocycles. The van der Waals surface area contributed by atoms with Crippen molar-refractivity contribution in [3.8, 4) is 0 Å². The summed E-state index contributed by atoms with van der Waals surface area (Å²) in [7, 11) is 0. The molecule has 3 rings (SSSR count). The molecule has 4 atom stereocenters.